The number of halogens is 2. The lowest BCUT2D eigenvalue weighted by Crippen LogP contribution is -2.68. The summed E-state index contributed by atoms with van der Waals surface area (Å²) in [5, 5.41) is 4.84. The van der Waals surface area contributed by atoms with Gasteiger partial charge in [-0.1, -0.05) is 87.5 Å². The summed E-state index contributed by atoms with van der Waals surface area (Å²) in [6, 6.07) is 22.4. The van der Waals surface area contributed by atoms with Gasteiger partial charge in [-0.15, -0.1) is 0 Å². The van der Waals surface area contributed by atoms with E-state index in [4.69, 9.17) is 13.9 Å². The van der Waals surface area contributed by atoms with E-state index in [1.54, 1.807) is 34.6 Å². The minimum absolute atomic E-state index is 0.0279. The van der Waals surface area contributed by atoms with Gasteiger partial charge in [-0.25, -0.2) is 13.6 Å². The summed E-state index contributed by atoms with van der Waals surface area (Å²) >= 11 is 0. The number of benzene rings is 3. The van der Waals surface area contributed by atoms with Gasteiger partial charge >= 0.3 is 6.09 Å². The lowest BCUT2D eigenvalue weighted by atomic mass is 9.89. The van der Waals surface area contributed by atoms with Crippen LogP contribution in [-0.2, 0) is 24.2 Å². The zero-order chi connectivity index (χ0) is 34.8. The van der Waals surface area contributed by atoms with E-state index in [2.05, 4.69) is 50.4 Å². The monoisotopic (exact) mass is 666 g/mol. The summed E-state index contributed by atoms with van der Waals surface area (Å²) in [4.78, 5) is 28.8. The Morgan fingerprint density at radius 2 is 1.45 bits per heavy atom. The van der Waals surface area contributed by atoms with Gasteiger partial charge in [0.1, 0.15) is 5.60 Å². The number of nitrogens with one attached hydrogen (secondary N) is 1. The Hall–Kier alpha value is -3.60. The van der Waals surface area contributed by atoms with E-state index in [0.29, 0.717) is 5.56 Å². The molecule has 254 valence electrons. The SMILES string of the molecule is Cc1c(C(C)(C)NC(=O)[C@@H]2CN(C(=O)OC(C)(C)C)[C@H](CO[Si](c3ccccc3)(c3ccccc3)C(C)(C)C)CO2)ccc(F)c1F. The van der Waals surface area contributed by atoms with Crippen LogP contribution in [0.15, 0.2) is 72.8 Å². The van der Waals surface area contributed by atoms with Crippen molar-refractivity contribution in [3.8, 4) is 0 Å². The molecule has 4 rings (SSSR count). The van der Waals surface area contributed by atoms with Crippen molar-refractivity contribution in [3.63, 3.8) is 0 Å². The van der Waals surface area contributed by atoms with E-state index in [9.17, 15) is 18.4 Å². The third kappa shape index (κ3) is 7.93. The molecule has 0 saturated carbocycles. The number of nitrogens with zero attached hydrogens (tertiary/aromatic N) is 1. The van der Waals surface area contributed by atoms with Crippen LogP contribution in [0.5, 0.6) is 0 Å². The van der Waals surface area contributed by atoms with E-state index in [1.807, 2.05) is 36.4 Å². The minimum Gasteiger partial charge on any atom is -0.444 e. The largest absolute Gasteiger partial charge is 0.444 e. The van der Waals surface area contributed by atoms with Crippen molar-refractivity contribution in [3.05, 3.63) is 95.6 Å². The highest BCUT2D eigenvalue weighted by Gasteiger charge is 2.51. The average Bonchev–Trinajstić information content (AvgIpc) is 2.99. The van der Waals surface area contributed by atoms with Gasteiger partial charge in [-0.2, -0.15) is 0 Å². The molecule has 47 heavy (non-hydrogen) atoms. The second-order valence-corrected chi connectivity index (χ2v) is 19.0. The van der Waals surface area contributed by atoms with E-state index < -0.39 is 55.2 Å². The number of ether oxygens (including phenoxy) is 2. The van der Waals surface area contributed by atoms with Crippen LogP contribution in [0.1, 0.15) is 66.5 Å². The maximum absolute atomic E-state index is 14.4. The first kappa shape index (κ1) is 36.2. The average molecular weight is 667 g/mol. The van der Waals surface area contributed by atoms with E-state index in [-0.39, 0.29) is 30.4 Å². The fourth-order valence-corrected chi connectivity index (χ4v) is 10.9. The molecule has 1 aliphatic heterocycles. The summed E-state index contributed by atoms with van der Waals surface area (Å²) in [5.41, 5.74) is -1.29. The van der Waals surface area contributed by atoms with Crippen molar-refractivity contribution < 1.29 is 32.3 Å². The molecule has 0 unspecified atom stereocenters. The van der Waals surface area contributed by atoms with Gasteiger partial charge in [0.25, 0.3) is 14.2 Å². The van der Waals surface area contributed by atoms with Crippen LogP contribution in [0.3, 0.4) is 0 Å². The molecule has 2 amide bonds. The first-order valence-corrected chi connectivity index (χ1v) is 17.9. The minimum atomic E-state index is -2.94. The van der Waals surface area contributed by atoms with Crippen LogP contribution in [0, 0.1) is 18.6 Å². The standard InChI is InChI=1S/C37H48F2N2O5Si/c1-25-29(20-21-30(38)32(25)39)37(8,9)40-33(42)31-22-41(34(43)46-35(2,3)4)26(23-44-31)24-45-47(36(5,6)7,27-16-12-10-13-17-27)28-18-14-11-15-19-28/h10-21,26,31H,22-24H2,1-9H3,(H,40,42)/t26-,31-/m0/s1. The molecule has 7 nitrogen and oxygen atoms in total. The van der Waals surface area contributed by atoms with Crippen LogP contribution >= 0.6 is 0 Å². The Balaban J connectivity index is 1.63. The molecule has 1 heterocycles. The number of hydrogen-bond donors (Lipinski definition) is 1. The zero-order valence-corrected chi connectivity index (χ0v) is 29.9. The van der Waals surface area contributed by atoms with Crippen molar-refractivity contribution in [2.75, 3.05) is 19.8 Å². The molecule has 0 radical (unpaired) electrons. The Morgan fingerprint density at radius 3 is 1.96 bits per heavy atom. The van der Waals surface area contributed by atoms with Gasteiger partial charge in [-0.3, -0.25) is 9.69 Å². The van der Waals surface area contributed by atoms with E-state index in [0.717, 1.165) is 16.4 Å². The van der Waals surface area contributed by atoms with E-state index in [1.165, 1.54) is 17.9 Å². The second kappa shape index (κ2) is 13.9. The summed E-state index contributed by atoms with van der Waals surface area (Å²) in [6.07, 6.45) is -1.61. The molecule has 3 aromatic rings. The third-order valence-electron chi connectivity index (χ3n) is 8.57. The molecule has 0 spiro atoms. The molecule has 1 N–H and O–H groups in total. The topological polar surface area (TPSA) is 77.1 Å². The highest BCUT2D eigenvalue weighted by molar-refractivity contribution is 6.99. The van der Waals surface area contributed by atoms with Crippen LogP contribution in [-0.4, -0.2) is 62.7 Å². The zero-order valence-electron chi connectivity index (χ0n) is 28.9. The van der Waals surface area contributed by atoms with Crippen molar-refractivity contribution in [2.45, 2.75) is 90.6 Å². The first-order chi connectivity index (χ1) is 21.9. The molecule has 1 fully saturated rings. The van der Waals surface area contributed by atoms with Crippen LogP contribution < -0.4 is 15.7 Å². The lowest BCUT2D eigenvalue weighted by Gasteiger charge is -2.46. The molecule has 0 aromatic heterocycles. The predicted molar refractivity (Wildman–Crippen MR) is 182 cm³/mol. The fraction of sp³-hybridized carbons (Fsp3) is 0.459. The third-order valence-corrected chi connectivity index (χ3v) is 13.6. The Bertz CT molecular complexity index is 1520. The fourth-order valence-electron chi connectivity index (χ4n) is 6.31. The summed E-state index contributed by atoms with van der Waals surface area (Å²) in [5.74, 6) is -2.40. The predicted octanol–water partition coefficient (Wildman–Crippen LogP) is 6.21. The summed E-state index contributed by atoms with van der Waals surface area (Å²) < 4.78 is 47.3. The van der Waals surface area contributed by atoms with Crippen LogP contribution in [0.4, 0.5) is 13.6 Å². The Kier molecular flexibility index (Phi) is 10.7. The second-order valence-electron chi connectivity index (χ2n) is 14.7. The van der Waals surface area contributed by atoms with Crippen LogP contribution in [0.2, 0.25) is 5.04 Å². The van der Waals surface area contributed by atoms with Gasteiger partial charge in [0, 0.05) is 0 Å². The number of carbonyl (C=O) groups excluding carboxylic acids is 2. The van der Waals surface area contributed by atoms with Gasteiger partial charge in [0.2, 0.25) is 0 Å². The van der Waals surface area contributed by atoms with Gasteiger partial charge in [0.05, 0.1) is 31.3 Å². The van der Waals surface area contributed by atoms with Crippen molar-refractivity contribution in [1.82, 2.24) is 10.2 Å². The van der Waals surface area contributed by atoms with Crippen molar-refractivity contribution >= 4 is 30.7 Å². The number of rotatable bonds is 8. The normalized spacial score (nSPS) is 17.7. The van der Waals surface area contributed by atoms with Crippen molar-refractivity contribution in [2.24, 2.45) is 0 Å². The molecule has 0 aliphatic carbocycles. The van der Waals surface area contributed by atoms with Crippen LogP contribution in [0.25, 0.3) is 0 Å². The van der Waals surface area contributed by atoms with Gasteiger partial charge in [0.15, 0.2) is 17.7 Å². The van der Waals surface area contributed by atoms with Gasteiger partial charge < -0.3 is 19.2 Å². The summed E-state index contributed by atoms with van der Waals surface area (Å²) in [6.45, 7) is 16.9. The molecule has 0 bridgehead atoms. The molecule has 2 atom stereocenters. The summed E-state index contributed by atoms with van der Waals surface area (Å²) in [7, 11) is -2.94. The molecule has 1 aliphatic rings. The molecule has 3 aromatic carbocycles. The van der Waals surface area contributed by atoms with Gasteiger partial charge in [-0.05, 0) is 74.1 Å². The highest BCUT2D eigenvalue weighted by Crippen LogP contribution is 2.37. The van der Waals surface area contributed by atoms with Crippen molar-refractivity contribution in [1.29, 1.82) is 0 Å². The maximum atomic E-state index is 14.4. The number of hydrogen-bond acceptors (Lipinski definition) is 5. The molecular weight excluding hydrogens is 618 g/mol. The number of amides is 2. The molecule has 1 saturated heterocycles. The smallest absolute Gasteiger partial charge is 0.410 e. The number of morpholine rings is 1. The number of carbonyl (C=O) groups is 2. The van der Waals surface area contributed by atoms with E-state index >= 15 is 0 Å². The quantitative estimate of drug-likeness (QED) is 0.290. The lowest BCUT2D eigenvalue weighted by molar-refractivity contribution is -0.144. The Morgan fingerprint density at radius 1 is 0.894 bits per heavy atom. The highest BCUT2D eigenvalue weighted by atomic mass is 28.4. The molecule has 10 heteroatoms. The Labute approximate surface area is 278 Å². The maximum Gasteiger partial charge on any atom is 0.410 e. The first-order valence-electron chi connectivity index (χ1n) is 16.0. The molecular formula is C37H48F2N2O5Si.